The number of nitrogens with one attached hydrogen (secondary N) is 1. The van der Waals surface area contributed by atoms with E-state index in [2.05, 4.69) is 10.3 Å². The molecule has 0 bridgehead atoms. The molecule has 2 aromatic carbocycles. The molecule has 126 valence electrons. The Labute approximate surface area is 145 Å². The van der Waals surface area contributed by atoms with Gasteiger partial charge < -0.3 is 20.1 Å². The van der Waals surface area contributed by atoms with Crippen molar-refractivity contribution in [2.75, 3.05) is 12.4 Å². The molecule has 0 fully saturated rings. The number of aromatic nitrogens is 1. The Balaban J connectivity index is 1.73. The molecular weight excluding hydrogens is 319 g/mol. The SMILES string of the molecule is COc1cc(CC(=O)Nc2ccc3cnccc3c2)ccc1B(O)O. The summed E-state index contributed by atoms with van der Waals surface area (Å²) in [7, 11) is -0.181. The number of rotatable bonds is 5. The third-order valence-electron chi connectivity index (χ3n) is 3.87. The molecule has 0 aliphatic heterocycles. The fourth-order valence-corrected chi connectivity index (χ4v) is 2.63. The second-order valence-electron chi connectivity index (χ2n) is 5.61. The van der Waals surface area contributed by atoms with Gasteiger partial charge in [0, 0.05) is 28.9 Å². The summed E-state index contributed by atoms with van der Waals surface area (Å²) in [6, 6.07) is 12.3. The van der Waals surface area contributed by atoms with Crippen molar-refractivity contribution in [1.82, 2.24) is 4.98 Å². The number of carbonyl (C=O) groups is 1. The van der Waals surface area contributed by atoms with E-state index in [1.54, 1.807) is 24.5 Å². The molecule has 3 rings (SSSR count). The van der Waals surface area contributed by atoms with Crippen LogP contribution in [0.15, 0.2) is 54.9 Å². The molecule has 0 unspecified atom stereocenters. The third-order valence-corrected chi connectivity index (χ3v) is 3.87. The predicted molar refractivity (Wildman–Crippen MR) is 96.9 cm³/mol. The van der Waals surface area contributed by atoms with Gasteiger partial charge in [0.1, 0.15) is 5.75 Å². The van der Waals surface area contributed by atoms with Crippen LogP contribution in [0.2, 0.25) is 0 Å². The summed E-state index contributed by atoms with van der Waals surface area (Å²) in [5.41, 5.74) is 1.68. The number of carbonyl (C=O) groups excluding carboxylic acids is 1. The maximum absolute atomic E-state index is 12.3. The number of nitrogens with zero attached hydrogens (tertiary/aromatic N) is 1. The highest BCUT2D eigenvalue weighted by molar-refractivity contribution is 6.59. The summed E-state index contributed by atoms with van der Waals surface area (Å²) in [4.78, 5) is 16.3. The van der Waals surface area contributed by atoms with Crippen molar-refractivity contribution in [3.05, 3.63) is 60.4 Å². The van der Waals surface area contributed by atoms with Crippen LogP contribution in [0.4, 0.5) is 5.69 Å². The smallest absolute Gasteiger partial charge is 0.492 e. The zero-order valence-electron chi connectivity index (χ0n) is 13.6. The van der Waals surface area contributed by atoms with E-state index in [1.807, 2.05) is 24.3 Å². The van der Waals surface area contributed by atoms with Crippen LogP contribution in [0.25, 0.3) is 10.8 Å². The van der Waals surface area contributed by atoms with E-state index >= 15 is 0 Å². The minimum Gasteiger partial charge on any atom is -0.497 e. The van der Waals surface area contributed by atoms with Crippen molar-refractivity contribution in [2.24, 2.45) is 0 Å². The number of hydrogen-bond acceptors (Lipinski definition) is 5. The average molecular weight is 336 g/mol. The lowest BCUT2D eigenvalue weighted by atomic mass is 9.79. The fourth-order valence-electron chi connectivity index (χ4n) is 2.63. The zero-order chi connectivity index (χ0) is 17.8. The summed E-state index contributed by atoms with van der Waals surface area (Å²) < 4.78 is 5.14. The maximum atomic E-state index is 12.3. The van der Waals surface area contributed by atoms with Crippen molar-refractivity contribution in [3.63, 3.8) is 0 Å². The molecular formula is C18H17BN2O4. The summed E-state index contributed by atoms with van der Waals surface area (Å²) in [5, 5.41) is 23.4. The van der Waals surface area contributed by atoms with Crippen LogP contribution in [-0.2, 0) is 11.2 Å². The number of fused-ring (bicyclic) bond motifs is 1. The number of amides is 1. The molecule has 1 aromatic heterocycles. The summed E-state index contributed by atoms with van der Waals surface area (Å²) in [6.45, 7) is 0. The van der Waals surface area contributed by atoms with Crippen LogP contribution in [0, 0.1) is 0 Å². The molecule has 0 atom stereocenters. The second kappa shape index (κ2) is 7.33. The number of pyridine rings is 1. The molecule has 6 nitrogen and oxygen atoms in total. The Morgan fingerprint density at radius 1 is 1.16 bits per heavy atom. The molecule has 1 heterocycles. The predicted octanol–water partition coefficient (Wildman–Crippen LogP) is 1.10. The fraction of sp³-hybridized carbons (Fsp3) is 0.111. The van der Waals surface area contributed by atoms with Gasteiger partial charge in [-0.05, 0) is 35.2 Å². The first kappa shape index (κ1) is 16.9. The molecule has 0 saturated carbocycles. The van der Waals surface area contributed by atoms with E-state index < -0.39 is 7.12 Å². The van der Waals surface area contributed by atoms with Crippen LogP contribution in [-0.4, -0.2) is 35.2 Å². The lowest BCUT2D eigenvalue weighted by Gasteiger charge is -2.11. The lowest BCUT2D eigenvalue weighted by molar-refractivity contribution is -0.115. The van der Waals surface area contributed by atoms with Gasteiger partial charge in [0.25, 0.3) is 0 Å². The van der Waals surface area contributed by atoms with Crippen LogP contribution in [0.1, 0.15) is 5.56 Å². The Bertz CT molecular complexity index is 914. The molecule has 7 heteroatoms. The minimum absolute atomic E-state index is 0.145. The Morgan fingerprint density at radius 3 is 2.76 bits per heavy atom. The standard InChI is InChI=1S/C18H17BN2O4/c1-25-17-8-12(2-5-16(17)19(23)24)9-18(22)21-15-4-3-14-11-20-7-6-13(14)10-15/h2-8,10-11,23-24H,9H2,1H3,(H,21,22). The molecule has 0 spiro atoms. The normalized spacial score (nSPS) is 10.5. The van der Waals surface area contributed by atoms with Gasteiger partial charge in [-0.2, -0.15) is 0 Å². The van der Waals surface area contributed by atoms with E-state index in [4.69, 9.17) is 4.74 Å². The maximum Gasteiger partial charge on any atom is 0.492 e. The first-order valence-corrected chi connectivity index (χ1v) is 7.73. The molecule has 3 N–H and O–H groups in total. The minimum atomic E-state index is -1.62. The van der Waals surface area contributed by atoms with E-state index in [-0.39, 0.29) is 17.8 Å². The monoisotopic (exact) mass is 336 g/mol. The summed E-state index contributed by atoms with van der Waals surface area (Å²) >= 11 is 0. The first-order valence-electron chi connectivity index (χ1n) is 7.73. The van der Waals surface area contributed by atoms with Gasteiger partial charge >= 0.3 is 7.12 Å². The van der Waals surface area contributed by atoms with Crippen molar-refractivity contribution in [2.45, 2.75) is 6.42 Å². The number of methoxy groups -OCH3 is 1. The average Bonchev–Trinajstić information content (AvgIpc) is 2.61. The largest absolute Gasteiger partial charge is 0.497 e. The van der Waals surface area contributed by atoms with Crippen molar-refractivity contribution >= 4 is 34.9 Å². The molecule has 0 aliphatic carbocycles. The van der Waals surface area contributed by atoms with Gasteiger partial charge in [0.15, 0.2) is 0 Å². The molecule has 3 aromatic rings. The quantitative estimate of drug-likeness (QED) is 0.607. The highest BCUT2D eigenvalue weighted by atomic mass is 16.5. The van der Waals surface area contributed by atoms with E-state index in [1.165, 1.54) is 13.2 Å². The van der Waals surface area contributed by atoms with Gasteiger partial charge in [0.05, 0.1) is 13.5 Å². The molecule has 0 aliphatic rings. The van der Waals surface area contributed by atoms with E-state index in [0.29, 0.717) is 17.0 Å². The van der Waals surface area contributed by atoms with Gasteiger partial charge in [-0.15, -0.1) is 0 Å². The summed E-state index contributed by atoms with van der Waals surface area (Å²) in [5.74, 6) is 0.159. The van der Waals surface area contributed by atoms with Crippen LogP contribution < -0.4 is 15.5 Å². The highest BCUT2D eigenvalue weighted by Crippen LogP contribution is 2.18. The van der Waals surface area contributed by atoms with Crippen LogP contribution in [0.3, 0.4) is 0 Å². The van der Waals surface area contributed by atoms with Crippen LogP contribution >= 0.6 is 0 Å². The van der Waals surface area contributed by atoms with Crippen molar-refractivity contribution in [3.8, 4) is 5.75 Å². The second-order valence-corrected chi connectivity index (χ2v) is 5.61. The van der Waals surface area contributed by atoms with Crippen molar-refractivity contribution in [1.29, 1.82) is 0 Å². The van der Waals surface area contributed by atoms with Gasteiger partial charge in [-0.25, -0.2) is 0 Å². The van der Waals surface area contributed by atoms with Crippen molar-refractivity contribution < 1.29 is 19.6 Å². The molecule has 25 heavy (non-hydrogen) atoms. The van der Waals surface area contributed by atoms with E-state index in [0.717, 1.165) is 10.8 Å². The number of benzene rings is 2. The summed E-state index contributed by atoms with van der Waals surface area (Å²) in [6.07, 6.45) is 3.62. The number of anilines is 1. The van der Waals surface area contributed by atoms with Gasteiger partial charge in [-0.3, -0.25) is 9.78 Å². The van der Waals surface area contributed by atoms with Gasteiger partial charge in [-0.1, -0.05) is 18.2 Å². The highest BCUT2D eigenvalue weighted by Gasteiger charge is 2.17. The number of hydrogen-bond donors (Lipinski definition) is 3. The van der Waals surface area contributed by atoms with E-state index in [9.17, 15) is 14.8 Å². The Hall–Kier alpha value is -2.90. The molecule has 1 amide bonds. The Morgan fingerprint density at radius 2 is 2.00 bits per heavy atom. The lowest BCUT2D eigenvalue weighted by Crippen LogP contribution is -2.31. The number of ether oxygens (including phenoxy) is 1. The molecule has 0 radical (unpaired) electrons. The zero-order valence-corrected chi connectivity index (χ0v) is 13.6. The van der Waals surface area contributed by atoms with Crippen LogP contribution in [0.5, 0.6) is 5.75 Å². The Kier molecular flexibility index (Phi) is 4.97. The molecule has 0 saturated heterocycles. The third kappa shape index (κ3) is 3.96. The topological polar surface area (TPSA) is 91.7 Å². The first-order chi connectivity index (χ1) is 12.1. The van der Waals surface area contributed by atoms with Gasteiger partial charge in [0.2, 0.25) is 5.91 Å².